The number of halogens is 9. The molecule has 0 aromatic rings. The number of hydrogen-bond donors (Lipinski definition) is 0. The topological polar surface area (TPSA) is 215 Å². The average Bonchev–Trinajstić information content (AvgIpc) is 2.14. The summed E-state index contributed by atoms with van der Waals surface area (Å²) in [5.74, 6) is -9.02. The van der Waals surface area contributed by atoms with Gasteiger partial charge >= 0.3 is 58.9 Å². The van der Waals surface area contributed by atoms with Crippen molar-refractivity contribution in [2.45, 2.75) is 18.5 Å². The number of aliphatic carboxylic acids is 3. The Morgan fingerprint density at radius 1 is 0.480 bits per heavy atom. The van der Waals surface area contributed by atoms with Crippen molar-refractivity contribution in [3.8, 4) is 0 Å². The van der Waals surface area contributed by atoms with Gasteiger partial charge in [0, 0.05) is 0 Å². The number of carboxylic acids is 3. The molecular formula is C6H6F9O9Sm. The van der Waals surface area contributed by atoms with Gasteiger partial charge in [-0.1, -0.05) is 0 Å². The molecule has 0 saturated heterocycles. The minimum absolute atomic E-state index is 0. The molecule has 0 aromatic carbocycles. The molecule has 19 heteroatoms. The number of alkyl halides is 9. The molecule has 0 spiro atoms. The van der Waals surface area contributed by atoms with Crippen LogP contribution in [0.2, 0.25) is 0 Å². The molecule has 0 aliphatic carbocycles. The zero-order valence-electron chi connectivity index (χ0n) is 10.8. The second-order valence-corrected chi connectivity index (χ2v) is 2.36. The summed E-state index contributed by atoms with van der Waals surface area (Å²) in [5.41, 5.74) is 0. The van der Waals surface area contributed by atoms with Crippen molar-refractivity contribution in [1.29, 1.82) is 0 Å². The maximum Gasteiger partial charge on any atom is 3.00 e. The van der Waals surface area contributed by atoms with E-state index in [0.29, 0.717) is 0 Å². The number of carboxylic acid groups (broad SMARTS) is 3. The van der Waals surface area contributed by atoms with Crippen LogP contribution in [0.25, 0.3) is 0 Å². The smallest absolute Gasteiger partial charge is 0.542 e. The molecule has 25 heavy (non-hydrogen) atoms. The van der Waals surface area contributed by atoms with Crippen LogP contribution in [-0.2, 0) is 14.4 Å². The van der Waals surface area contributed by atoms with Gasteiger partial charge in [-0.15, -0.1) is 0 Å². The molecule has 0 saturated carbocycles. The van der Waals surface area contributed by atoms with Gasteiger partial charge in [0.2, 0.25) is 0 Å². The molecule has 0 amide bonds. The molecule has 0 aliphatic heterocycles. The van der Waals surface area contributed by atoms with Crippen LogP contribution >= 0.6 is 0 Å². The van der Waals surface area contributed by atoms with Crippen LogP contribution in [0.1, 0.15) is 0 Å². The van der Waals surface area contributed by atoms with Gasteiger partial charge in [-0.2, -0.15) is 39.5 Å². The van der Waals surface area contributed by atoms with E-state index in [4.69, 9.17) is 29.7 Å². The summed E-state index contributed by atoms with van der Waals surface area (Å²) in [6.45, 7) is 0. The van der Waals surface area contributed by atoms with E-state index in [2.05, 4.69) is 0 Å². The predicted molar refractivity (Wildman–Crippen MR) is 44.0 cm³/mol. The zero-order valence-corrected chi connectivity index (χ0v) is 13.4. The van der Waals surface area contributed by atoms with Crippen molar-refractivity contribution in [1.82, 2.24) is 0 Å². The predicted octanol–water partition coefficient (Wildman–Crippen LogP) is -4.58. The van der Waals surface area contributed by atoms with Gasteiger partial charge in [0.15, 0.2) is 0 Å². The van der Waals surface area contributed by atoms with Gasteiger partial charge in [0.1, 0.15) is 17.9 Å². The third-order valence-electron chi connectivity index (χ3n) is 0.694. The molecule has 0 bridgehead atoms. The summed E-state index contributed by atoms with van der Waals surface area (Å²) >= 11 is 0. The summed E-state index contributed by atoms with van der Waals surface area (Å²) in [5, 5.41) is 26.4. The largest absolute Gasteiger partial charge is 3.00 e. The molecule has 0 heterocycles. The molecule has 153 valence electrons. The van der Waals surface area contributed by atoms with Gasteiger partial charge in [0.05, 0.1) is 0 Å². The fourth-order valence-electron chi connectivity index (χ4n) is 0. The second-order valence-electron chi connectivity index (χ2n) is 2.36. The van der Waals surface area contributed by atoms with Crippen molar-refractivity contribution >= 4 is 17.9 Å². The van der Waals surface area contributed by atoms with Crippen LogP contribution in [-0.4, -0.2) is 52.9 Å². The quantitative estimate of drug-likeness (QED) is 0.274. The van der Waals surface area contributed by atoms with E-state index in [9.17, 15) is 39.5 Å². The average molecular weight is 543 g/mol. The van der Waals surface area contributed by atoms with Crippen molar-refractivity contribution in [3.63, 3.8) is 0 Å². The first-order valence-corrected chi connectivity index (χ1v) is 3.68. The second kappa shape index (κ2) is 16.5. The Bertz CT molecular complexity index is 318. The third kappa shape index (κ3) is 35.1. The Morgan fingerprint density at radius 3 is 0.520 bits per heavy atom. The first-order chi connectivity index (χ1) is 8.83. The van der Waals surface area contributed by atoms with E-state index >= 15 is 0 Å². The molecule has 0 unspecified atom stereocenters. The minimum Gasteiger partial charge on any atom is -0.542 e. The fraction of sp³-hybridized carbons (Fsp3) is 0.500. The normalized spacial score (nSPS) is 9.48. The molecule has 1 radical (unpaired) electrons. The molecule has 6 N–H and O–H groups in total. The number of carbonyl (C=O) groups excluding carboxylic acids is 3. The molecule has 0 fully saturated rings. The zero-order chi connectivity index (χ0) is 18.2. The van der Waals surface area contributed by atoms with E-state index in [1.54, 1.807) is 0 Å². The van der Waals surface area contributed by atoms with Crippen molar-refractivity contribution in [3.05, 3.63) is 0 Å². The number of hydrogen-bond acceptors (Lipinski definition) is 6. The number of carbonyl (C=O) groups is 3. The Kier molecular flexibility index (Phi) is 28.9. The number of rotatable bonds is 0. The SMILES string of the molecule is O.O.O.O=C([O-])C(F)(F)F.O=C([O-])C(F)(F)F.O=C([O-])C(F)(F)F.[Sm+3]. The fourth-order valence-corrected chi connectivity index (χ4v) is 0. The van der Waals surface area contributed by atoms with E-state index in [1.165, 1.54) is 0 Å². The molecule has 0 atom stereocenters. The first kappa shape index (κ1) is 43.9. The van der Waals surface area contributed by atoms with Crippen molar-refractivity contribution in [2.24, 2.45) is 0 Å². The summed E-state index contributed by atoms with van der Waals surface area (Å²) in [6.07, 6.45) is -15.6. The Hall–Kier alpha value is -1.00. The minimum atomic E-state index is -5.19. The van der Waals surface area contributed by atoms with Crippen LogP contribution in [0, 0.1) is 40.4 Å². The first-order valence-electron chi connectivity index (χ1n) is 3.68. The Labute approximate surface area is 162 Å². The Morgan fingerprint density at radius 2 is 0.520 bits per heavy atom. The molecular weight excluding hydrogens is 537 g/mol. The van der Waals surface area contributed by atoms with Gasteiger partial charge in [0.25, 0.3) is 0 Å². The van der Waals surface area contributed by atoms with Crippen LogP contribution in [0.3, 0.4) is 0 Å². The van der Waals surface area contributed by atoms with E-state index in [1.807, 2.05) is 0 Å². The third-order valence-corrected chi connectivity index (χ3v) is 0.694. The van der Waals surface area contributed by atoms with Gasteiger partial charge < -0.3 is 46.1 Å². The van der Waals surface area contributed by atoms with Crippen LogP contribution in [0.15, 0.2) is 0 Å². The maximum absolute atomic E-state index is 10.5. The molecule has 0 aliphatic rings. The van der Waals surface area contributed by atoms with E-state index in [0.717, 1.165) is 0 Å². The van der Waals surface area contributed by atoms with Crippen molar-refractivity contribution in [2.75, 3.05) is 0 Å². The summed E-state index contributed by atoms with van der Waals surface area (Å²) in [6, 6.07) is 0. The standard InChI is InChI=1S/3C2HF3O2.3H2O.Sm/c3*3-2(4,5)1(6)7;;;;/h3*(H,6,7);3*1H2;/q;;;;;;+3/p-3. The van der Waals surface area contributed by atoms with Crippen LogP contribution in [0.5, 0.6) is 0 Å². The molecule has 0 rings (SSSR count). The Balaban J connectivity index is -0.0000000360. The monoisotopic (exact) mass is 545 g/mol. The van der Waals surface area contributed by atoms with Gasteiger partial charge in [-0.05, 0) is 0 Å². The van der Waals surface area contributed by atoms with Gasteiger partial charge in [-0.3, -0.25) is 0 Å². The summed E-state index contributed by atoms with van der Waals surface area (Å²) in [4.78, 5) is 26.4. The van der Waals surface area contributed by atoms with Crippen LogP contribution < -0.4 is 15.3 Å². The van der Waals surface area contributed by atoms with E-state index < -0.39 is 36.4 Å². The van der Waals surface area contributed by atoms with Crippen LogP contribution in [0.4, 0.5) is 39.5 Å². The van der Waals surface area contributed by atoms with E-state index in [-0.39, 0.29) is 56.8 Å². The van der Waals surface area contributed by atoms with Gasteiger partial charge in [-0.25, -0.2) is 0 Å². The van der Waals surface area contributed by atoms with Crippen molar-refractivity contribution < 1.29 is 126 Å². The summed E-state index contributed by atoms with van der Waals surface area (Å²) < 4.78 is 94.6. The summed E-state index contributed by atoms with van der Waals surface area (Å²) in [7, 11) is 0. The molecule has 9 nitrogen and oxygen atoms in total. The molecule has 0 aromatic heterocycles. The maximum atomic E-state index is 10.5.